The number of carboxylic acids is 1. The predicted molar refractivity (Wildman–Crippen MR) is 139 cm³/mol. The first-order valence-electron chi connectivity index (χ1n) is 13.1. The standard InChI is InChI=1S/C29H31N5O3/c1-33-17-27(31-32-33)24-15-25(24)28-26(29(35)36)16-30-34(28)22-11-5-9-20(13-22)21-10-6-12-23(14-21)37-18-19-7-3-2-4-8-19/h5-6,9-14,16-17,19,24-25H,2-4,7-8,15,18H2,1H3,(H,35,36)/t24-,25-/m1/s1. The van der Waals surface area contributed by atoms with Crippen molar-refractivity contribution in [2.75, 3.05) is 6.61 Å². The van der Waals surface area contributed by atoms with Gasteiger partial charge in [-0.3, -0.25) is 4.68 Å². The van der Waals surface area contributed by atoms with Crippen LogP contribution in [0.4, 0.5) is 0 Å². The van der Waals surface area contributed by atoms with Gasteiger partial charge in [-0.2, -0.15) is 5.10 Å². The average Bonchev–Trinajstić information content (AvgIpc) is 3.37. The van der Waals surface area contributed by atoms with Gasteiger partial charge in [-0.1, -0.05) is 48.7 Å². The maximum Gasteiger partial charge on any atom is 0.339 e. The maximum absolute atomic E-state index is 12.0. The molecule has 0 unspecified atom stereocenters. The van der Waals surface area contributed by atoms with Crippen molar-refractivity contribution >= 4 is 5.97 Å². The molecular formula is C29H31N5O3. The van der Waals surface area contributed by atoms with E-state index < -0.39 is 5.97 Å². The van der Waals surface area contributed by atoms with Crippen LogP contribution in [0.3, 0.4) is 0 Å². The zero-order chi connectivity index (χ0) is 25.4. The van der Waals surface area contributed by atoms with E-state index >= 15 is 0 Å². The minimum atomic E-state index is -0.968. The molecule has 190 valence electrons. The fraction of sp³-hybridized carbons (Fsp3) is 0.379. The van der Waals surface area contributed by atoms with Crippen LogP contribution in [0.2, 0.25) is 0 Å². The second-order valence-electron chi connectivity index (χ2n) is 10.3. The van der Waals surface area contributed by atoms with Gasteiger partial charge in [0.2, 0.25) is 0 Å². The molecule has 0 amide bonds. The van der Waals surface area contributed by atoms with Crippen molar-refractivity contribution in [2.24, 2.45) is 13.0 Å². The highest BCUT2D eigenvalue weighted by atomic mass is 16.5. The quantitative estimate of drug-likeness (QED) is 0.341. The summed E-state index contributed by atoms with van der Waals surface area (Å²) in [4.78, 5) is 12.0. The van der Waals surface area contributed by atoms with Crippen molar-refractivity contribution in [2.45, 2.75) is 50.4 Å². The number of carboxylic acid groups (broad SMARTS) is 1. The van der Waals surface area contributed by atoms with E-state index in [-0.39, 0.29) is 17.4 Å². The van der Waals surface area contributed by atoms with E-state index in [1.807, 2.05) is 37.5 Å². The van der Waals surface area contributed by atoms with Gasteiger partial charge in [-0.15, -0.1) is 5.10 Å². The summed E-state index contributed by atoms with van der Waals surface area (Å²) in [6.07, 6.45) is 10.6. The van der Waals surface area contributed by atoms with Crippen LogP contribution in [0.25, 0.3) is 16.8 Å². The lowest BCUT2D eigenvalue weighted by molar-refractivity contribution is 0.0695. The number of carbonyl (C=O) groups is 1. The molecule has 2 saturated carbocycles. The molecule has 8 heteroatoms. The Balaban J connectivity index is 1.27. The third-order valence-electron chi connectivity index (χ3n) is 7.65. The summed E-state index contributed by atoms with van der Waals surface area (Å²) in [5.41, 5.74) is 4.75. The van der Waals surface area contributed by atoms with Crippen molar-refractivity contribution in [1.29, 1.82) is 0 Å². The van der Waals surface area contributed by atoms with Gasteiger partial charge >= 0.3 is 5.97 Å². The Hall–Kier alpha value is -3.94. The maximum atomic E-state index is 12.0. The molecule has 0 spiro atoms. The summed E-state index contributed by atoms with van der Waals surface area (Å²) in [6.45, 7) is 0.770. The van der Waals surface area contributed by atoms with E-state index in [4.69, 9.17) is 4.74 Å². The first-order valence-corrected chi connectivity index (χ1v) is 13.1. The molecule has 2 fully saturated rings. The number of hydrogen-bond donors (Lipinski definition) is 1. The van der Waals surface area contributed by atoms with Crippen LogP contribution in [0.1, 0.15) is 72.1 Å². The molecule has 2 atom stereocenters. The summed E-state index contributed by atoms with van der Waals surface area (Å²) in [7, 11) is 1.84. The second kappa shape index (κ2) is 9.84. The van der Waals surface area contributed by atoms with E-state index in [2.05, 4.69) is 39.7 Å². The normalized spacial score (nSPS) is 19.6. The van der Waals surface area contributed by atoms with Gasteiger partial charge in [0.1, 0.15) is 11.3 Å². The Morgan fingerprint density at radius 1 is 1.05 bits per heavy atom. The lowest BCUT2D eigenvalue weighted by Crippen LogP contribution is -2.15. The lowest BCUT2D eigenvalue weighted by Gasteiger charge is -2.21. The molecule has 37 heavy (non-hydrogen) atoms. The van der Waals surface area contributed by atoms with E-state index in [1.54, 1.807) is 9.36 Å². The molecular weight excluding hydrogens is 466 g/mol. The summed E-state index contributed by atoms with van der Waals surface area (Å²) in [5.74, 6) is 0.737. The number of aromatic carboxylic acids is 1. The molecule has 1 N–H and O–H groups in total. The van der Waals surface area contributed by atoms with Gasteiger partial charge in [0.25, 0.3) is 0 Å². The van der Waals surface area contributed by atoms with E-state index in [0.29, 0.717) is 11.6 Å². The molecule has 2 aliphatic carbocycles. The van der Waals surface area contributed by atoms with E-state index in [0.717, 1.165) is 41.3 Å². The van der Waals surface area contributed by atoms with Crippen LogP contribution < -0.4 is 4.74 Å². The predicted octanol–water partition coefficient (Wildman–Crippen LogP) is 5.60. The monoisotopic (exact) mass is 497 g/mol. The average molecular weight is 498 g/mol. The molecule has 2 aromatic carbocycles. The Kier molecular flexibility index (Phi) is 6.24. The van der Waals surface area contributed by atoms with Crippen molar-refractivity contribution in [3.63, 3.8) is 0 Å². The highest BCUT2D eigenvalue weighted by molar-refractivity contribution is 5.89. The first kappa shape index (κ1) is 23.5. The zero-order valence-electron chi connectivity index (χ0n) is 21.0. The van der Waals surface area contributed by atoms with Crippen molar-refractivity contribution in [3.8, 4) is 22.6 Å². The summed E-state index contributed by atoms with van der Waals surface area (Å²) in [6, 6.07) is 16.3. The lowest BCUT2D eigenvalue weighted by atomic mass is 9.90. The fourth-order valence-electron chi connectivity index (χ4n) is 5.59. The summed E-state index contributed by atoms with van der Waals surface area (Å²) in [5, 5.41) is 22.7. The number of ether oxygens (including phenoxy) is 1. The Bertz CT molecular complexity index is 1420. The van der Waals surface area contributed by atoms with Gasteiger partial charge in [0.15, 0.2) is 0 Å². The summed E-state index contributed by atoms with van der Waals surface area (Å²) < 4.78 is 9.62. The van der Waals surface area contributed by atoms with Gasteiger partial charge in [-0.05, 0) is 60.6 Å². The third kappa shape index (κ3) is 4.88. The smallest absolute Gasteiger partial charge is 0.339 e. The third-order valence-corrected chi connectivity index (χ3v) is 7.65. The topological polar surface area (TPSA) is 95.1 Å². The largest absolute Gasteiger partial charge is 0.493 e. The van der Waals surface area contributed by atoms with Crippen molar-refractivity contribution in [3.05, 3.63) is 77.9 Å². The minimum absolute atomic E-state index is 0.0328. The highest BCUT2D eigenvalue weighted by Gasteiger charge is 2.46. The molecule has 2 aromatic heterocycles. The minimum Gasteiger partial charge on any atom is -0.493 e. The molecule has 8 nitrogen and oxygen atoms in total. The zero-order valence-corrected chi connectivity index (χ0v) is 21.0. The molecule has 0 saturated heterocycles. The fourth-order valence-corrected chi connectivity index (χ4v) is 5.59. The Labute approximate surface area is 215 Å². The van der Waals surface area contributed by atoms with E-state index in [1.165, 1.54) is 38.3 Å². The molecule has 0 bridgehead atoms. The Morgan fingerprint density at radius 2 is 1.84 bits per heavy atom. The number of nitrogens with zero attached hydrogens (tertiary/aromatic N) is 5. The number of aryl methyl sites for hydroxylation is 1. The van der Waals surface area contributed by atoms with Crippen LogP contribution >= 0.6 is 0 Å². The Morgan fingerprint density at radius 3 is 2.59 bits per heavy atom. The molecule has 6 rings (SSSR count). The summed E-state index contributed by atoms with van der Waals surface area (Å²) >= 11 is 0. The second-order valence-corrected chi connectivity index (χ2v) is 10.3. The molecule has 2 aliphatic rings. The van der Waals surface area contributed by atoms with Crippen molar-refractivity contribution < 1.29 is 14.6 Å². The van der Waals surface area contributed by atoms with Gasteiger partial charge in [0, 0.05) is 25.1 Å². The van der Waals surface area contributed by atoms with Gasteiger partial charge < -0.3 is 9.84 Å². The number of aromatic nitrogens is 5. The van der Waals surface area contributed by atoms with Crippen LogP contribution in [-0.2, 0) is 7.05 Å². The van der Waals surface area contributed by atoms with Crippen LogP contribution in [-0.4, -0.2) is 42.5 Å². The van der Waals surface area contributed by atoms with Crippen molar-refractivity contribution in [1.82, 2.24) is 24.8 Å². The molecule has 2 heterocycles. The van der Waals surface area contributed by atoms with Gasteiger partial charge in [-0.25, -0.2) is 9.48 Å². The van der Waals surface area contributed by atoms with Crippen LogP contribution in [0.15, 0.2) is 60.9 Å². The van der Waals surface area contributed by atoms with Gasteiger partial charge in [0.05, 0.1) is 29.9 Å². The number of benzene rings is 2. The molecule has 0 aliphatic heterocycles. The number of hydrogen-bond acceptors (Lipinski definition) is 5. The molecule has 0 radical (unpaired) electrons. The first-order chi connectivity index (χ1) is 18.1. The SMILES string of the molecule is Cn1cc([C@@H]2C[C@H]2c2c(C(=O)O)cnn2-c2cccc(-c3cccc(OCC4CCCCC4)c3)c2)nn1. The van der Waals surface area contributed by atoms with E-state index in [9.17, 15) is 9.90 Å². The van der Waals surface area contributed by atoms with Crippen LogP contribution in [0, 0.1) is 5.92 Å². The molecule has 4 aromatic rings. The van der Waals surface area contributed by atoms with Crippen LogP contribution in [0.5, 0.6) is 5.75 Å². The highest BCUT2D eigenvalue weighted by Crippen LogP contribution is 2.55. The number of rotatable bonds is 8.